The molecule has 1 aliphatic rings. The van der Waals surface area contributed by atoms with Crippen molar-refractivity contribution in [2.45, 2.75) is 58.7 Å². The lowest BCUT2D eigenvalue weighted by molar-refractivity contribution is 0.0193. The van der Waals surface area contributed by atoms with Crippen molar-refractivity contribution in [1.82, 2.24) is 30.7 Å². The summed E-state index contributed by atoms with van der Waals surface area (Å²) < 4.78 is 10.8. The summed E-state index contributed by atoms with van der Waals surface area (Å²) in [5.41, 5.74) is -0.501. The summed E-state index contributed by atoms with van der Waals surface area (Å²) in [6.07, 6.45) is 3.17. The summed E-state index contributed by atoms with van der Waals surface area (Å²) in [4.78, 5) is 23.1. The molecule has 2 aromatic heterocycles. The molecule has 164 valence electrons. The summed E-state index contributed by atoms with van der Waals surface area (Å²) in [5, 5.41) is 13.7. The van der Waals surface area contributed by atoms with E-state index >= 15 is 0 Å². The third-order valence-electron chi connectivity index (χ3n) is 4.42. The van der Waals surface area contributed by atoms with Crippen molar-refractivity contribution < 1.29 is 13.9 Å². The lowest BCUT2D eigenvalue weighted by atomic mass is 10.1. The molecule has 0 aromatic carbocycles. The molecule has 3 N–H and O–H groups in total. The van der Waals surface area contributed by atoms with Gasteiger partial charge in [-0.05, 0) is 52.7 Å². The average Bonchev–Trinajstić information content (AvgIpc) is 3.37. The van der Waals surface area contributed by atoms with Crippen LogP contribution < -0.4 is 10.6 Å². The number of nitrogens with one attached hydrogen (secondary N) is 3. The van der Waals surface area contributed by atoms with Crippen LogP contribution in [0.25, 0.3) is 11.6 Å². The van der Waals surface area contributed by atoms with Crippen LogP contribution in [-0.2, 0) is 11.3 Å². The topological polar surface area (TPSA) is 121 Å². The maximum absolute atomic E-state index is 12.4. The molecule has 1 atom stereocenters. The number of piperidine rings is 1. The number of hydrogen-bond acceptors (Lipinski definition) is 6. The van der Waals surface area contributed by atoms with Gasteiger partial charge < -0.3 is 24.7 Å². The predicted octanol–water partition coefficient (Wildman–Crippen LogP) is 2.52. The number of nitrogens with zero attached hydrogens (tertiary/aromatic N) is 4. The van der Waals surface area contributed by atoms with Gasteiger partial charge in [0.05, 0.1) is 6.26 Å². The molecule has 1 aliphatic heterocycles. The first-order chi connectivity index (χ1) is 14.3. The molecule has 0 bridgehead atoms. The number of carbonyl (C=O) groups excluding carboxylic acids is 1. The molecule has 10 nitrogen and oxygen atoms in total. The first-order valence-corrected chi connectivity index (χ1v) is 10.3. The SMILES string of the molecule is CCNC(=NCc1nc(-c2ccco2)n[nH]1)NC1CCCN(C(=O)OC(C)(C)C)C1. The quantitative estimate of drug-likeness (QED) is 0.505. The van der Waals surface area contributed by atoms with Gasteiger partial charge >= 0.3 is 6.09 Å². The summed E-state index contributed by atoms with van der Waals surface area (Å²) in [6.45, 7) is 9.98. The maximum Gasteiger partial charge on any atom is 0.410 e. The van der Waals surface area contributed by atoms with Crippen LogP contribution in [0.3, 0.4) is 0 Å². The highest BCUT2D eigenvalue weighted by Gasteiger charge is 2.28. The zero-order chi connectivity index (χ0) is 21.6. The van der Waals surface area contributed by atoms with E-state index in [2.05, 4.69) is 30.8 Å². The number of aliphatic imine (C=N–C) groups is 1. The van der Waals surface area contributed by atoms with Gasteiger partial charge in [-0.3, -0.25) is 5.10 Å². The Labute approximate surface area is 176 Å². The number of H-pyrrole nitrogens is 1. The molecule has 30 heavy (non-hydrogen) atoms. The Morgan fingerprint density at radius 2 is 2.30 bits per heavy atom. The molecule has 1 saturated heterocycles. The molecular weight excluding hydrogens is 386 g/mol. The number of hydrogen-bond donors (Lipinski definition) is 3. The van der Waals surface area contributed by atoms with Gasteiger partial charge in [-0.2, -0.15) is 0 Å². The van der Waals surface area contributed by atoms with Gasteiger partial charge in [0.15, 0.2) is 11.7 Å². The minimum Gasteiger partial charge on any atom is -0.461 e. The van der Waals surface area contributed by atoms with Crippen LogP contribution in [0.15, 0.2) is 27.8 Å². The number of guanidine groups is 1. The Hall–Kier alpha value is -3.04. The van der Waals surface area contributed by atoms with Crippen molar-refractivity contribution in [3.05, 3.63) is 24.2 Å². The Balaban J connectivity index is 1.58. The first kappa shape index (κ1) is 21.7. The number of furan rings is 1. The van der Waals surface area contributed by atoms with Crippen molar-refractivity contribution in [1.29, 1.82) is 0 Å². The fourth-order valence-electron chi connectivity index (χ4n) is 3.14. The van der Waals surface area contributed by atoms with E-state index in [1.165, 1.54) is 0 Å². The number of aromatic nitrogens is 3. The van der Waals surface area contributed by atoms with E-state index in [1.807, 2.05) is 27.7 Å². The Kier molecular flexibility index (Phi) is 6.96. The standard InChI is InChI=1S/C20H31N7O3/c1-5-21-18(22-12-16-24-17(26-25-16)15-9-7-11-29-15)23-14-8-6-10-27(13-14)19(28)30-20(2,3)4/h7,9,11,14H,5-6,8,10,12-13H2,1-4H3,(H2,21,22,23)(H,24,25,26). The molecule has 3 rings (SSSR count). The fraction of sp³-hybridized carbons (Fsp3) is 0.600. The number of ether oxygens (including phenoxy) is 1. The van der Waals surface area contributed by atoms with E-state index in [0.717, 1.165) is 19.4 Å². The zero-order valence-corrected chi connectivity index (χ0v) is 18.1. The second-order valence-corrected chi connectivity index (χ2v) is 8.19. The van der Waals surface area contributed by atoms with E-state index in [1.54, 1.807) is 23.3 Å². The largest absolute Gasteiger partial charge is 0.461 e. The van der Waals surface area contributed by atoms with Crippen molar-refractivity contribution in [3.63, 3.8) is 0 Å². The smallest absolute Gasteiger partial charge is 0.410 e. The van der Waals surface area contributed by atoms with Crippen molar-refractivity contribution in [2.24, 2.45) is 4.99 Å². The number of carbonyl (C=O) groups is 1. The van der Waals surface area contributed by atoms with Gasteiger partial charge in [0.1, 0.15) is 18.0 Å². The summed E-state index contributed by atoms with van der Waals surface area (Å²) in [5.74, 6) is 2.42. The van der Waals surface area contributed by atoms with Crippen LogP contribution in [0.5, 0.6) is 0 Å². The predicted molar refractivity (Wildman–Crippen MR) is 113 cm³/mol. The third-order valence-corrected chi connectivity index (χ3v) is 4.42. The van der Waals surface area contributed by atoms with Gasteiger partial charge in [0, 0.05) is 25.7 Å². The number of aromatic amines is 1. The van der Waals surface area contributed by atoms with Crippen LogP contribution >= 0.6 is 0 Å². The number of likely N-dealkylation sites (tertiary alicyclic amines) is 1. The van der Waals surface area contributed by atoms with E-state index in [9.17, 15) is 4.79 Å². The normalized spacial score (nSPS) is 17.7. The zero-order valence-electron chi connectivity index (χ0n) is 18.1. The Morgan fingerprint density at radius 1 is 1.47 bits per heavy atom. The van der Waals surface area contributed by atoms with Crippen LogP contribution in [0, 0.1) is 0 Å². The molecule has 0 spiro atoms. The van der Waals surface area contributed by atoms with Gasteiger partial charge in [0.2, 0.25) is 5.82 Å². The molecule has 1 fully saturated rings. The van der Waals surface area contributed by atoms with Gasteiger partial charge in [-0.15, -0.1) is 5.10 Å². The van der Waals surface area contributed by atoms with Crippen molar-refractivity contribution >= 4 is 12.1 Å². The fourth-order valence-corrected chi connectivity index (χ4v) is 3.14. The second kappa shape index (κ2) is 9.64. The van der Waals surface area contributed by atoms with Crippen LogP contribution in [0.2, 0.25) is 0 Å². The Morgan fingerprint density at radius 3 is 3.00 bits per heavy atom. The van der Waals surface area contributed by atoms with E-state index in [-0.39, 0.29) is 12.1 Å². The molecule has 0 aliphatic carbocycles. The molecule has 0 saturated carbocycles. The maximum atomic E-state index is 12.4. The lowest BCUT2D eigenvalue weighted by Gasteiger charge is -2.35. The lowest BCUT2D eigenvalue weighted by Crippen LogP contribution is -2.53. The monoisotopic (exact) mass is 417 g/mol. The number of rotatable bonds is 5. The highest BCUT2D eigenvalue weighted by Crippen LogP contribution is 2.16. The summed E-state index contributed by atoms with van der Waals surface area (Å²) in [7, 11) is 0. The number of amides is 1. The van der Waals surface area contributed by atoms with Gasteiger partial charge in [-0.1, -0.05) is 0 Å². The van der Waals surface area contributed by atoms with E-state index in [4.69, 9.17) is 9.15 Å². The summed E-state index contributed by atoms with van der Waals surface area (Å²) in [6, 6.07) is 3.69. The second-order valence-electron chi connectivity index (χ2n) is 8.19. The van der Waals surface area contributed by atoms with Crippen LogP contribution in [0.1, 0.15) is 46.4 Å². The first-order valence-electron chi connectivity index (χ1n) is 10.3. The molecule has 2 aromatic rings. The Bertz CT molecular complexity index is 839. The third kappa shape index (κ3) is 6.23. The van der Waals surface area contributed by atoms with Gasteiger partial charge in [0.25, 0.3) is 0 Å². The molecule has 3 heterocycles. The molecule has 10 heteroatoms. The average molecular weight is 418 g/mol. The van der Waals surface area contributed by atoms with E-state index in [0.29, 0.717) is 43.0 Å². The molecular formula is C20H31N7O3. The van der Waals surface area contributed by atoms with Crippen LogP contribution in [-0.4, -0.2) is 63.4 Å². The molecule has 1 amide bonds. The van der Waals surface area contributed by atoms with E-state index < -0.39 is 5.60 Å². The van der Waals surface area contributed by atoms with Crippen molar-refractivity contribution in [2.75, 3.05) is 19.6 Å². The molecule has 1 unspecified atom stereocenters. The minimum atomic E-state index is -0.501. The summed E-state index contributed by atoms with van der Waals surface area (Å²) >= 11 is 0. The van der Waals surface area contributed by atoms with Crippen LogP contribution in [0.4, 0.5) is 4.79 Å². The minimum absolute atomic E-state index is 0.0949. The highest BCUT2D eigenvalue weighted by atomic mass is 16.6. The van der Waals surface area contributed by atoms with Crippen molar-refractivity contribution in [3.8, 4) is 11.6 Å². The highest BCUT2D eigenvalue weighted by molar-refractivity contribution is 5.80. The molecule has 0 radical (unpaired) electrons. The van der Waals surface area contributed by atoms with Gasteiger partial charge in [-0.25, -0.2) is 14.8 Å².